The molecular formula is C9H13NO4. The smallest absolute Gasteiger partial charge is 0.320 e. The fourth-order valence-corrected chi connectivity index (χ4v) is 0.464. The van der Waals surface area contributed by atoms with Gasteiger partial charge in [0, 0.05) is 0 Å². The molecule has 1 aromatic rings. The van der Waals surface area contributed by atoms with Gasteiger partial charge in [-0.3, -0.25) is 4.79 Å². The van der Waals surface area contributed by atoms with E-state index >= 15 is 0 Å². The van der Waals surface area contributed by atoms with Gasteiger partial charge in [0.2, 0.25) is 0 Å². The number of hydrogen-bond acceptors (Lipinski definition) is 4. The summed E-state index contributed by atoms with van der Waals surface area (Å²) in [6.45, 7) is 1.42. The summed E-state index contributed by atoms with van der Waals surface area (Å²) in [7, 11) is 0. The van der Waals surface area contributed by atoms with Gasteiger partial charge in [-0.05, 0) is 19.1 Å². The van der Waals surface area contributed by atoms with Gasteiger partial charge >= 0.3 is 5.97 Å². The normalized spacial score (nSPS) is 11.0. The standard InChI is InChI=1S/C6H6O2.C3H7NO2/c7-5-3-1-2-4-6(5)8;1-2(4)3(5)6/h1-4,7-8H;2H,4H2,1H3,(H,5,6). The maximum absolute atomic E-state index is 9.57. The van der Waals surface area contributed by atoms with E-state index in [1.165, 1.54) is 19.1 Å². The van der Waals surface area contributed by atoms with E-state index in [1.807, 2.05) is 0 Å². The number of para-hydroxylation sites is 2. The Balaban J connectivity index is 0.000000255. The van der Waals surface area contributed by atoms with E-state index in [0.29, 0.717) is 0 Å². The Kier molecular flexibility index (Phi) is 5.09. The van der Waals surface area contributed by atoms with Crippen molar-refractivity contribution in [1.29, 1.82) is 0 Å². The molecule has 78 valence electrons. The minimum absolute atomic E-state index is 0.0764. The van der Waals surface area contributed by atoms with Crippen molar-refractivity contribution in [2.24, 2.45) is 5.73 Å². The second kappa shape index (κ2) is 5.82. The molecule has 1 aromatic carbocycles. The van der Waals surface area contributed by atoms with Crippen molar-refractivity contribution in [3.63, 3.8) is 0 Å². The molecule has 0 saturated carbocycles. The molecule has 5 nitrogen and oxygen atoms in total. The first-order valence-electron chi connectivity index (χ1n) is 3.90. The Morgan fingerprint density at radius 3 is 1.71 bits per heavy atom. The van der Waals surface area contributed by atoms with E-state index in [2.05, 4.69) is 0 Å². The van der Waals surface area contributed by atoms with Gasteiger partial charge in [-0.25, -0.2) is 0 Å². The predicted octanol–water partition coefficient (Wildman–Crippen LogP) is 0.516. The second-order valence-corrected chi connectivity index (χ2v) is 2.62. The molecule has 0 bridgehead atoms. The van der Waals surface area contributed by atoms with Crippen LogP contribution in [0.3, 0.4) is 0 Å². The Bertz CT molecular complexity index is 278. The molecule has 5 heteroatoms. The largest absolute Gasteiger partial charge is 0.504 e. The van der Waals surface area contributed by atoms with Crippen molar-refractivity contribution in [3.05, 3.63) is 24.3 Å². The molecule has 0 aliphatic carbocycles. The first-order valence-corrected chi connectivity index (χ1v) is 3.90. The highest BCUT2D eigenvalue weighted by atomic mass is 16.4. The maximum Gasteiger partial charge on any atom is 0.320 e. The van der Waals surface area contributed by atoms with E-state index in [4.69, 9.17) is 21.1 Å². The summed E-state index contributed by atoms with van der Waals surface area (Å²) in [6.07, 6.45) is 0. The van der Waals surface area contributed by atoms with Crippen LogP contribution < -0.4 is 5.73 Å². The van der Waals surface area contributed by atoms with E-state index < -0.39 is 12.0 Å². The Morgan fingerprint density at radius 2 is 1.57 bits per heavy atom. The number of carboxylic acid groups (broad SMARTS) is 1. The van der Waals surface area contributed by atoms with E-state index in [0.717, 1.165) is 0 Å². The van der Waals surface area contributed by atoms with Gasteiger partial charge < -0.3 is 21.1 Å². The van der Waals surface area contributed by atoms with Gasteiger partial charge in [-0.1, -0.05) is 12.1 Å². The molecule has 1 unspecified atom stereocenters. The summed E-state index contributed by atoms with van der Waals surface area (Å²) in [5.74, 6) is -1.12. The van der Waals surface area contributed by atoms with E-state index in [1.54, 1.807) is 12.1 Å². The number of carboxylic acids is 1. The SMILES string of the molecule is CC(N)C(=O)O.Oc1ccccc1O. The third-order valence-electron chi connectivity index (χ3n) is 1.27. The molecule has 1 rings (SSSR count). The zero-order valence-electron chi connectivity index (χ0n) is 7.71. The quantitative estimate of drug-likeness (QED) is 0.493. The molecule has 0 aromatic heterocycles. The van der Waals surface area contributed by atoms with Crippen molar-refractivity contribution in [1.82, 2.24) is 0 Å². The molecule has 0 amide bonds. The van der Waals surface area contributed by atoms with Gasteiger partial charge in [0.25, 0.3) is 0 Å². The van der Waals surface area contributed by atoms with Crippen LogP contribution in [0, 0.1) is 0 Å². The van der Waals surface area contributed by atoms with Crippen LogP contribution in [-0.4, -0.2) is 27.3 Å². The lowest BCUT2D eigenvalue weighted by Gasteiger charge is -1.91. The average molecular weight is 199 g/mol. The Labute approximate surface area is 81.4 Å². The molecule has 0 radical (unpaired) electrons. The highest BCUT2D eigenvalue weighted by molar-refractivity contribution is 5.72. The third-order valence-corrected chi connectivity index (χ3v) is 1.27. The number of phenolic OH excluding ortho intramolecular Hbond substituents is 2. The van der Waals surface area contributed by atoms with Crippen LogP contribution in [0.2, 0.25) is 0 Å². The van der Waals surface area contributed by atoms with Crippen LogP contribution in [0.5, 0.6) is 11.5 Å². The van der Waals surface area contributed by atoms with Crippen LogP contribution in [0.1, 0.15) is 6.92 Å². The summed E-state index contributed by atoms with van der Waals surface area (Å²) in [6, 6.07) is 5.42. The molecular weight excluding hydrogens is 186 g/mol. The lowest BCUT2D eigenvalue weighted by atomic mass is 10.3. The Hall–Kier alpha value is -1.75. The van der Waals surface area contributed by atoms with Crippen molar-refractivity contribution in [2.75, 3.05) is 0 Å². The highest BCUT2D eigenvalue weighted by Gasteiger charge is 1.99. The van der Waals surface area contributed by atoms with Gasteiger partial charge in [-0.2, -0.15) is 0 Å². The number of rotatable bonds is 1. The van der Waals surface area contributed by atoms with Crippen molar-refractivity contribution >= 4 is 5.97 Å². The number of benzene rings is 1. The number of carbonyl (C=O) groups is 1. The maximum atomic E-state index is 9.57. The predicted molar refractivity (Wildman–Crippen MR) is 51.1 cm³/mol. The molecule has 14 heavy (non-hydrogen) atoms. The Morgan fingerprint density at radius 1 is 1.29 bits per heavy atom. The number of hydrogen-bond donors (Lipinski definition) is 4. The van der Waals surface area contributed by atoms with E-state index in [-0.39, 0.29) is 11.5 Å². The van der Waals surface area contributed by atoms with Crippen LogP contribution >= 0.6 is 0 Å². The lowest BCUT2D eigenvalue weighted by molar-refractivity contribution is -0.138. The van der Waals surface area contributed by atoms with Crippen LogP contribution in [0.25, 0.3) is 0 Å². The lowest BCUT2D eigenvalue weighted by Crippen LogP contribution is -2.25. The van der Waals surface area contributed by atoms with Crippen molar-refractivity contribution in [2.45, 2.75) is 13.0 Å². The minimum atomic E-state index is -0.963. The average Bonchev–Trinajstić information content (AvgIpc) is 2.11. The summed E-state index contributed by atoms with van der Waals surface area (Å²) in [4.78, 5) is 9.57. The third kappa shape index (κ3) is 5.00. The fourth-order valence-electron chi connectivity index (χ4n) is 0.464. The molecule has 0 aliphatic rings. The monoisotopic (exact) mass is 199 g/mol. The molecule has 0 heterocycles. The molecule has 1 atom stereocenters. The van der Waals surface area contributed by atoms with Crippen molar-refractivity contribution < 1.29 is 20.1 Å². The van der Waals surface area contributed by atoms with Gasteiger partial charge in [0.05, 0.1) is 0 Å². The molecule has 0 saturated heterocycles. The molecule has 0 spiro atoms. The van der Waals surface area contributed by atoms with Crippen LogP contribution in [-0.2, 0) is 4.79 Å². The zero-order valence-corrected chi connectivity index (χ0v) is 7.71. The summed E-state index contributed by atoms with van der Waals surface area (Å²) >= 11 is 0. The van der Waals surface area contributed by atoms with Gasteiger partial charge in [0.1, 0.15) is 6.04 Å². The van der Waals surface area contributed by atoms with Crippen LogP contribution in [0.15, 0.2) is 24.3 Å². The highest BCUT2D eigenvalue weighted by Crippen LogP contribution is 2.21. The van der Waals surface area contributed by atoms with Gasteiger partial charge in [-0.15, -0.1) is 0 Å². The number of aromatic hydroxyl groups is 2. The molecule has 5 N–H and O–H groups in total. The summed E-state index contributed by atoms with van der Waals surface area (Å²) in [5.41, 5.74) is 4.84. The zero-order chi connectivity index (χ0) is 11.1. The second-order valence-electron chi connectivity index (χ2n) is 2.62. The van der Waals surface area contributed by atoms with Crippen LogP contribution in [0.4, 0.5) is 0 Å². The first kappa shape index (κ1) is 12.2. The number of aliphatic carboxylic acids is 1. The van der Waals surface area contributed by atoms with Crippen molar-refractivity contribution in [3.8, 4) is 11.5 Å². The molecule has 0 aliphatic heterocycles. The summed E-state index contributed by atoms with van der Waals surface area (Å²) in [5, 5.41) is 25.2. The number of phenols is 2. The summed E-state index contributed by atoms with van der Waals surface area (Å²) < 4.78 is 0. The minimum Gasteiger partial charge on any atom is -0.504 e. The topological polar surface area (TPSA) is 104 Å². The number of nitrogens with two attached hydrogens (primary N) is 1. The first-order chi connectivity index (χ1) is 6.45. The fraction of sp³-hybridized carbons (Fsp3) is 0.222. The molecule has 0 fully saturated rings. The van der Waals surface area contributed by atoms with E-state index in [9.17, 15) is 4.79 Å². The van der Waals surface area contributed by atoms with Gasteiger partial charge in [0.15, 0.2) is 11.5 Å².